The van der Waals surface area contributed by atoms with Crippen molar-refractivity contribution in [2.24, 2.45) is 5.73 Å². The molecule has 0 fully saturated rings. The fourth-order valence-corrected chi connectivity index (χ4v) is 3.03. The van der Waals surface area contributed by atoms with Gasteiger partial charge in [-0.05, 0) is 18.6 Å². The van der Waals surface area contributed by atoms with Crippen molar-refractivity contribution in [1.29, 1.82) is 0 Å². The summed E-state index contributed by atoms with van der Waals surface area (Å²) in [5.74, 6) is -0.360. The molecule has 1 rings (SSSR count). The van der Waals surface area contributed by atoms with E-state index in [-0.39, 0.29) is 48.2 Å². The van der Waals surface area contributed by atoms with Crippen LogP contribution in [0.15, 0.2) is 29.4 Å². The predicted molar refractivity (Wildman–Crippen MR) is 99.1 cm³/mol. The van der Waals surface area contributed by atoms with Crippen molar-refractivity contribution in [1.82, 2.24) is 14.6 Å². The van der Waals surface area contributed by atoms with Crippen LogP contribution in [0.25, 0.3) is 0 Å². The van der Waals surface area contributed by atoms with E-state index in [2.05, 4.69) is 17.2 Å². The van der Waals surface area contributed by atoms with Crippen molar-refractivity contribution in [3.8, 4) is 0 Å². The van der Waals surface area contributed by atoms with Gasteiger partial charge in [0.05, 0.1) is 6.54 Å². The number of halogens is 2. The van der Waals surface area contributed by atoms with Crippen molar-refractivity contribution >= 4 is 40.7 Å². The predicted octanol–water partition coefficient (Wildman–Crippen LogP) is 1.18. The summed E-state index contributed by atoms with van der Waals surface area (Å²) in [7, 11) is -2.35. The summed E-state index contributed by atoms with van der Waals surface area (Å²) in [5.41, 5.74) is 5.61. The molecule has 0 aliphatic heterocycles. The molecule has 140 valence electrons. The van der Waals surface area contributed by atoms with Gasteiger partial charge in [0.1, 0.15) is 4.90 Å². The minimum absolute atomic E-state index is 0. The Morgan fingerprint density at radius 2 is 2.08 bits per heavy atom. The van der Waals surface area contributed by atoms with E-state index in [0.717, 1.165) is 23.6 Å². The van der Waals surface area contributed by atoms with Crippen LogP contribution in [0.4, 0.5) is 0 Å². The van der Waals surface area contributed by atoms with Gasteiger partial charge in [0.25, 0.3) is 0 Å². The highest BCUT2D eigenvalue weighted by molar-refractivity contribution is 7.89. The fraction of sp³-hybridized carbons (Fsp3) is 0.571. The number of hydrogen-bond acceptors (Lipinski definition) is 5. The molecule has 0 spiro atoms. The summed E-state index contributed by atoms with van der Waals surface area (Å²) < 4.78 is 25.6. The quantitative estimate of drug-likeness (QED) is 0.647. The summed E-state index contributed by atoms with van der Waals surface area (Å²) in [6.45, 7) is 2.15. The number of nitrogens with zero attached hydrogens (tertiary/aromatic N) is 2. The highest BCUT2D eigenvalue weighted by Crippen LogP contribution is 2.11. The number of carbonyl (C=O) groups is 1. The van der Waals surface area contributed by atoms with Crippen LogP contribution >= 0.6 is 24.8 Å². The van der Waals surface area contributed by atoms with Crippen LogP contribution in [0.2, 0.25) is 0 Å². The molecule has 1 aromatic rings. The number of likely N-dealkylation sites (N-methyl/N-ethyl adjacent to an activating group) is 1. The van der Waals surface area contributed by atoms with Gasteiger partial charge in [-0.15, -0.1) is 24.8 Å². The molecule has 3 N–H and O–H groups in total. The molecule has 1 heterocycles. The Labute approximate surface area is 156 Å². The number of carbonyl (C=O) groups excluding carboxylic acids is 1. The molecule has 10 heteroatoms. The molecule has 24 heavy (non-hydrogen) atoms. The van der Waals surface area contributed by atoms with Crippen LogP contribution in [-0.4, -0.2) is 49.8 Å². The first-order chi connectivity index (χ1) is 10.4. The third-order valence-electron chi connectivity index (χ3n) is 3.26. The first-order valence-electron chi connectivity index (χ1n) is 7.27. The lowest BCUT2D eigenvalue weighted by Gasteiger charge is -2.20. The van der Waals surface area contributed by atoms with Crippen molar-refractivity contribution in [3.05, 3.63) is 24.5 Å². The van der Waals surface area contributed by atoms with Crippen molar-refractivity contribution in [2.45, 2.75) is 37.1 Å². The first-order valence-corrected chi connectivity index (χ1v) is 8.71. The van der Waals surface area contributed by atoms with E-state index in [0.29, 0.717) is 6.54 Å². The smallest absolute Gasteiger partial charge is 0.244 e. The van der Waals surface area contributed by atoms with E-state index in [9.17, 15) is 13.2 Å². The van der Waals surface area contributed by atoms with Gasteiger partial charge < -0.3 is 11.1 Å². The third-order valence-corrected chi connectivity index (χ3v) is 5.05. The molecule has 1 aromatic heterocycles. The molecule has 1 unspecified atom stereocenters. The molecule has 7 nitrogen and oxygen atoms in total. The maximum atomic E-state index is 12.3. The summed E-state index contributed by atoms with van der Waals surface area (Å²) >= 11 is 0. The molecule has 0 aliphatic carbocycles. The number of nitrogens with one attached hydrogen (secondary N) is 1. The lowest BCUT2D eigenvalue weighted by atomic mass is 10.1. The van der Waals surface area contributed by atoms with Crippen LogP contribution < -0.4 is 11.1 Å². The van der Waals surface area contributed by atoms with Crippen LogP contribution in [0.5, 0.6) is 0 Å². The second-order valence-electron chi connectivity index (χ2n) is 5.09. The largest absolute Gasteiger partial charge is 0.351 e. The molecule has 1 atom stereocenters. The van der Waals surface area contributed by atoms with E-state index < -0.39 is 10.0 Å². The average Bonchev–Trinajstić information content (AvgIpc) is 2.52. The lowest BCUT2D eigenvalue weighted by molar-refractivity contribution is -0.121. The number of amides is 1. The van der Waals surface area contributed by atoms with Crippen molar-refractivity contribution in [3.63, 3.8) is 0 Å². The Kier molecular flexibility index (Phi) is 13.1. The highest BCUT2D eigenvalue weighted by atomic mass is 35.5. The number of nitrogens with two attached hydrogens (primary N) is 1. The number of sulfonamides is 1. The molecule has 0 saturated heterocycles. The number of rotatable bonds is 9. The Hall–Kier alpha value is -0.930. The Bertz CT molecular complexity index is 573. The van der Waals surface area contributed by atoms with Crippen LogP contribution in [0, 0.1) is 0 Å². The molecular weight excluding hydrogens is 375 g/mol. The zero-order chi connectivity index (χ0) is 16.6. The minimum atomic E-state index is -3.71. The number of hydrogen-bond donors (Lipinski definition) is 2. The standard InChI is InChI=1S/C14H24N4O3S.2ClH/c1-3-4-6-12(9-15)17-14(19)11-18(2)22(20,21)13-7-5-8-16-10-13;;/h5,7-8,10,12H,3-4,6,9,11,15H2,1-2H3,(H,17,19);2*1H. The average molecular weight is 401 g/mol. The molecule has 1 amide bonds. The zero-order valence-corrected chi connectivity index (χ0v) is 16.3. The maximum Gasteiger partial charge on any atom is 0.244 e. The summed E-state index contributed by atoms with van der Waals surface area (Å²) in [4.78, 5) is 15.8. The van der Waals surface area contributed by atoms with E-state index in [1.54, 1.807) is 0 Å². The van der Waals surface area contributed by atoms with Gasteiger partial charge in [-0.25, -0.2) is 8.42 Å². The Morgan fingerprint density at radius 1 is 1.42 bits per heavy atom. The second kappa shape index (κ2) is 12.4. The highest BCUT2D eigenvalue weighted by Gasteiger charge is 2.23. The van der Waals surface area contributed by atoms with Crippen LogP contribution in [-0.2, 0) is 14.8 Å². The van der Waals surface area contributed by atoms with Gasteiger partial charge in [-0.1, -0.05) is 19.8 Å². The summed E-state index contributed by atoms with van der Waals surface area (Å²) in [5, 5.41) is 2.77. The second-order valence-corrected chi connectivity index (χ2v) is 7.14. The summed E-state index contributed by atoms with van der Waals surface area (Å²) in [6.07, 6.45) is 5.52. The number of unbranched alkanes of at least 4 members (excludes halogenated alkanes) is 1. The number of aromatic nitrogens is 1. The molecule has 0 radical (unpaired) electrons. The van der Waals surface area contributed by atoms with Gasteiger partial charge in [0.15, 0.2) is 0 Å². The first kappa shape index (κ1) is 25.3. The minimum Gasteiger partial charge on any atom is -0.351 e. The van der Waals surface area contributed by atoms with Gasteiger partial charge in [0.2, 0.25) is 15.9 Å². The molecule has 0 aliphatic rings. The van der Waals surface area contributed by atoms with E-state index in [1.807, 2.05) is 0 Å². The van der Waals surface area contributed by atoms with E-state index in [4.69, 9.17) is 5.73 Å². The summed E-state index contributed by atoms with van der Waals surface area (Å²) in [6, 6.07) is 2.86. The fourth-order valence-electron chi connectivity index (χ4n) is 1.94. The Morgan fingerprint density at radius 3 is 2.58 bits per heavy atom. The van der Waals surface area contributed by atoms with Gasteiger partial charge >= 0.3 is 0 Å². The monoisotopic (exact) mass is 400 g/mol. The molecular formula is C14H26Cl2N4O3S. The van der Waals surface area contributed by atoms with Gasteiger partial charge in [-0.2, -0.15) is 4.31 Å². The van der Waals surface area contributed by atoms with Gasteiger partial charge in [-0.3, -0.25) is 9.78 Å². The van der Waals surface area contributed by atoms with E-state index in [1.165, 1.54) is 31.6 Å². The van der Waals surface area contributed by atoms with Crippen LogP contribution in [0.3, 0.4) is 0 Å². The van der Waals surface area contributed by atoms with E-state index >= 15 is 0 Å². The number of pyridine rings is 1. The zero-order valence-electron chi connectivity index (χ0n) is 13.8. The molecule has 0 saturated carbocycles. The SMILES string of the molecule is CCCCC(CN)NC(=O)CN(C)S(=O)(=O)c1cccnc1.Cl.Cl. The topological polar surface area (TPSA) is 105 Å². The Balaban J connectivity index is 0. The van der Waals surface area contributed by atoms with Crippen molar-refractivity contribution < 1.29 is 13.2 Å². The third kappa shape index (κ3) is 7.76. The lowest BCUT2D eigenvalue weighted by Crippen LogP contribution is -2.45. The normalized spacial score (nSPS) is 12.0. The maximum absolute atomic E-state index is 12.3. The molecule has 0 aromatic carbocycles. The molecule has 0 bridgehead atoms. The van der Waals surface area contributed by atoms with Crippen molar-refractivity contribution in [2.75, 3.05) is 20.1 Å². The van der Waals surface area contributed by atoms with Crippen LogP contribution in [0.1, 0.15) is 26.2 Å². The van der Waals surface area contributed by atoms with Gasteiger partial charge in [0, 0.05) is 32.0 Å².